The minimum Gasteiger partial charge on any atom is -0.481 e. The van der Waals surface area contributed by atoms with E-state index >= 15 is 0 Å². The van der Waals surface area contributed by atoms with Crippen LogP contribution in [0.3, 0.4) is 0 Å². The van der Waals surface area contributed by atoms with E-state index in [1.54, 1.807) is 30.3 Å². The van der Waals surface area contributed by atoms with Crippen molar-refractivity contribution in [2.24, 2.45) is 0 Å². The Bertz CT molecular complexity index is 819. The van der Waals surface area contributed by atoms with E-state index in [4.69, 9.17) is 9.52 Å². The van der Waals surface area contributed by atoms with Crippen molar-refractivity contribution in [2.75, 3.05) is 5.75 Å². The number of hydrogen-bond acceptors (Lipinski definition) is 5. The number of carboxylic acids is 1. The third-order valence-corrected chi connectivity index (χ3v) is 3.63. The summed E-state index contributed by atoms with van der Waals surface area (Å²) in [6.45, 7) is 0. The van der Waals surface area contributed by atoms with Crippen molar-refractivity contribution in [1.29, 1.82) is 0 Å². The highest BCUT2D eigenvalue weighted by Crippen LogP contribution is 2.30. The third kappa shape index (κ3) is 2.73. The summed E-state index contributed by atoms with van der Waals surface area (Å²) in [5, 5.41) is 17.6. The summed E-state index contributed by atoms with van der Waals surface area (Å²) in [5.41, 5.74) is 0.613. The zero-order valence-corrected chi connectivity index (χ0v) is 11.4. The number of carbonyl (C=O) groups is 1. The van der Waals surface area contributed by atoms with Gasteiger partial charge in [0.15, 0.2) is 0 Å². The fourth-order valence-corrected chi connectivity index (χ4v) is 2.43. The number of halogens is 1. The van der Waals surface area contributed by atoms with Crippen molar-refractivity contribution in [3.05, 3.63) is 42.2 Å². The molecule has 0 spiro atoms. The van der Waals surface area contributed by atoms with Crippen LogP contribution in [0.15, 0.2) is 46.0 Å². The molecule has 1 aromatic heterocycles. The topological polar surface area (TPSA) is 76.2 Å². The molecule has 1 heterocycles. The van der Waals surface area contributed by atoms with Gasteiger partial charge in [-0.1, -0.05) is 36.0 Å². The molecule has 3 aromatic rings. The number of benzene rings is 2. The van der Waals surface area contributed by atoms with Gasteiger partial charge in [0.05, 0.1) is 0 Å². The van der Waals surface area contributed by atoms with Crippen LogP contribution in [0.5, 0.6) is 0 Å². The van der Waals surface area contributed by atoms with Crippen LogP contribution in [-0.2, 0) is 4.79 Å². The first-order valence-corrected chi connectivity index (χ1v) is 6.99. The van der Waals surface area contributed by atoms with Gasteiger partial charge in [0, 0.05) is 10.9 Å². The average Bonchev–Trinajstić information content (AvgIpc) is 2.94. The van der Waals surface area contributed by atoms with E-state index in [-0.39, 0.29) is 22.7 Å². The van der Waals surface area contributed by atoms with Crippen LogP contribution in [0.2, 0.25) is 0 Å². The number of thioether (sulfide) groups is 1. The lowest BCUT2D eigenvalue weighted by Gasteiger charge is -2.03. The van der Waals surface area contributed by atoms with Gasteiger partial charge in [-0.3, -0.25) is 4.79 Å². The summed E-state index contributed by atoms with van der Waals surface area (Å²) in [4.78, 5) is 10.5. The van der Waals surface area contributed by atoms with Crippen LogP contribution in [0.4, 0.5) is 4.39 Å². The van der Waals surface area contributed by atoms with E-state index in [0.29, 0.717) is 16.3 Å². The maximum Gasteiger partial charge on any atom is 0.314 e. The number of aliphatic carboxylic acids is 1. The Morgan fingerprint density at radius 3 is 2.71 bits per heavy atom. The first-order valence-electron chi connectivity index (χ1n) is 6.01. The molecular formula is C14H9FN2O3S. The minimum absolute atomic E-state index is 0.161. The Balaban J connectivity index is 2.01. The van der Waals surface area contributed by atoms with Crippen molar-refractivity contribution in [3.8, 4) is 11.5 Å². The third-order valence-electron chi connectivity index (χ3n) is 2.83. The molecule has 21 heavy (non-hydrogen) atoms. The van der Waals surface area contributed by atoms with Crippen LogP contribution in [0.25, 0.3) is 22.2 Å². The monoisotopic (exact) mass is 304 g/mol. The van der Waals surface area contributed by atoms with Crippen LogP contribution in [0.1, 0.15) is 0 Å². The lowest BCUT2D eigenvalue weighted by atomic mass is 10.0. The van der Waals surface area contributed by atoms with E-state index in [1.165, 1.54) is 6.07 Å². The standard InChI is InChI=1S/C14H9FN2O3S/c15-11-6-5-10(8-3-1-2-4-9(8)11)13-16-17-14(20-13)21-7-12(18)19/h1-6H,7H2,(H,18,19). The Hall–Kier alpha value is -2.41. The summed E-state index contributed by atoms with van der Waals surface area (Å²) < 4.78 is 19.2. The molecule has 0 aliphatic carbocycles. The molecule has 0 bridgehead atoms. The summed E-state index contributed by atoms with van der Waals surface area (Å²) in [5.74, 6) is -1.22. The summed E-state index contributed by atoms with van der Waals surface area (Å²) in [7, 11) is 0. The van der Waals surface area contributed by atoms with E-state index < -0.39 is 5.97 Å². The molecule has 3 rings (SSSR count). The van der Waals surface area contributed by atoms with Crippen LogP contribution >= 0.6 is 11.8 Å². The van der Waals surface area contributed by atoms with Crippen molar-refractivity contribution < 1.29 is 18.7 Å². The zero-order valence-electron chi connectivity index (χ0n) is 10.6. The fraction of sp³-hybridized carbons (Fsp3) is 0.0714. The number of rotatable bonds is 4. The van der Waals surface area contributed by atoms with Crippen LogP contribution < -0.4 is 0 Å². The molecule has 0 fully saturated rings. The second-order valence-corrected chi connectivity index (χ2v) is 5.12. The predicted molar refractivity (Wildman–Crippen MR) is 75.6 cm³/mol. The highest BCUT2D eigenvalue weighted by Gasteiger charge is 2.14. The van der Waals surface area contributed by atoms with Gasteiger partial charge < -0.3 is 9.52 Å². The Kier molecular flexibility index (Phi) is 3.57. The molecule has 5 nitrogen and oxygen atoms in total. The lowest BCUT2D eigenvalue weighted by molar-refractivity contribution is -0.133. The van der Waals surface area contributed by atoms with Gasteiger partial charge in [-0.25, -0.2) is 4.39 Å². The Morgan fingerprint density at radius 2 is 1.95 bits per heavy atom. The van der Waals surface area contributed by atoms with Gasteiger partial charge in [-0.15, -0.1) is 10.2 Å². The predicted octanol–water partition coefficient (Wildman–Crippen LogP) is 3.21. The highest BCUT2D eigenvalue weighted by molar-refractivity contribution is 7.99. The summed E-state index contributed by atoms with van der Waals surface area (Å²) in [6.07, 6.45) is 0. The number of fused-ring (bicyclic) bond motifs is 1. The fourth-order valence-electron chi connectivity index (χ4n) is 1.95. The van der Waals surface area contributed by atoms with Gasteiger partial charge in [-0.05, 0) is 17.5 Å². The molecule has 0 unspecified atom stereocenters. The first kappa shape index (κ1) is 13.6. The number of aromatic nitrogens is 2. The van der Waals surface area contributed by atoms with Crippen molar-refractivity contribution in [1.82, 2.24) is 10.2 Å². The molecule has 0 amide bonds. The van der Waals surface area contributed by atoms with Gasteiger partial charge in [-0.2, -0.15) is 0 Å². The summed E-state index contributed by atoms with van der Waals surface area (Å²) >= 11 is 0.939. The van der Waals surface area contributed by atoms with Crippen LogP contribution in [0, 0.1) is 5.82 Å². The molecule has 106 valence electrons. The van der Waals surface area contributed by atoms with E-state index in [9.17, 15) is 9.18 Å². The van der Waals surface area contributed by atoms with Gasteiger partial charge in [0.2, 0.25) is 5.89 Å². The second-order valence-electron chi connectivity index (χ2n) is 4.20. The normalized spacial score (nSPS) is 10.9. The maximum atomic E-state index is 13.8. The van der Waals surface area contributed by atoms with Gasteiger partial charge >= 0.3 is 5.97 Å². The van der Waals surface area contributed by atoms with E-state index in [1.807, 2.05) is 0 Å². The molecule has 0 saturated heterocycles. The molecular weight excluding hydrogens is 295 g/mol. The zero-order chi connectivity index (χ0) is 14.8. The number of hydrogen-bond donors (Lipinski definition) is 1. The Morgan fingerprint density at radius 1 is 1.19 bits per heavy atom. The molecule has 0 radical (unpaired) electrons. The SMILES string of the molecule is O=C(O)CSc1nnc(-c2ccc(F)c3ccccc23)o1. The lowest BCUT2D eigenvalue weighted by Crippen LogP contribution is -1.97. The van der Waals surface area contributed by atoms with E-state index in [0.717, 1.165) is 11.8 Å². The second kappa shape index (κ2) is 5.53. The van der Waals surface area contributed by atoms with Crippen molar-refractivity contribution >= 4 is 28.5 Å². The summed E-state index contributed by atoms with van der Waals surface area (Å²) in [6, 6.07) is 9.88. The first-order chi connectivity index (χ1) is 10.1. The van der Waals surface area contributed by atoms with E-state index in [2.05, 4.69) is 10.2 Å². The highest BCUT2D eigenvalue weighted by atomic mass is 32.2. The molecule has 7 heteroatoms. The molecule has 0 aliphatic heterocycles. The smallest absolute Gasteiger partial charge is 0.314 e. The quantitative estimate of drug-likeness (QED) is 0.746. The molecule has 0 atom stereocenters. The molecule has 2 aromatic carbocycles. The van der Waals surface area contributed by atoms with Crippen molar-refractivity contribution in [2.45, 2.75) is 5.22 Å². The minimum atomic E-state index is -0.966. The van der Waals surface area contributed by atoms with Crippen molar-refractivity contribution in [3.63, 3.8) is 0 Å². The molecule has 0 aliphatic rings. The average molecular weight is 304 g/mol. The maximum absolute atomic E-state index is 13.8. The van der Waals surface area contributed by atoms with Gasteiger partial charge in [0.25, 0.3) is 5.22 Å². The molecule has 1 N–H and O–H groups in total. The molecule has 0 saturated carbocycles. The Labute approximate surface area is 122 Å². The number of carboxylic acid groups (broad SMARTS) is 1. The number of nitrogens with zero attached hydrogens (tertiary/aromatic N) is 2. The van der Waals surface area contributed by atoms with Gasteiger partial charge in [0.1, 0.15) is 11.6 Å². The largest absolute Gasteiger partial charge is 0.481 e. The van der Waals surface area contributed by atoms with Crippen LogP contribution in [-0.4, -0.2) is 27.0 Å².